The van der Waals surface area contributed by atoms with Crippen molar-refractivity contribution in [2.45, 2.75) is 130 Å². The average Bonchev–Trinajstić information content (AvgIpc) is 3.00. The molecule has 0 radical (unpaired) electrons. The van der Waals surface area contributed by atoms with Crippen molar-refractivity contribution in [3.05, 3.63) is 0 Å². The van der Waals surface area contributed by atoms with Crippen LogP contribution in [0.2, 0.25) is 0 Å². The van der Waals surface area contributed by atoms with Crippen LogP contribution in [0, 0.1) is 5.41 Å². The minimum Gasteiger partial charge on any atom is -0.393 e. The van der Waals surface area contributed by atoms with E-state index < -0.39 is 0 Å². The molecule has 2 amide bonds. The summed E-state index contributed by atoms with van der Waals surface area (Å²) in [5, 5.41) is 17.4. The van der Waals surface area contributed by atoms with E-state index in [1.807, 2.05) is 5.01 Å². The molecule has 1 aliphatic heterocycles. The van der Waals surface area contributed by atoms with Crippen molar-refractivity contribution in [1.82, 2.24) is 15.3 Å². The second kappa shape index (κ2) is 14.2. The second-order valence-corrected chi connectivity index (χ2v) is 11.5. The van der Waals surface area contributed by atoms with Gasteiger partial charge in [-0.2, -0.15) is 0 Å². The molecule has 0 aromatic heterocycles. The first-order chi connectivity index (χ1) is 14.9. The van der Waals surface area contributed by atoms with E-state index in [-0.39, 0.29) is 28.9 Å². The first kappa shape index (κ1) is 28.9. The van der Waals surface area contributed by atoms with E-state index in [1.165, 1.54) is 0 Å². The Bertz CT molecular complexity index is 557. The normalized spacial score (nSPS) is 16.6. The summed E-state index contributed by atoms with van der Waals surface area (Å²) in [7, 11) is 0. The number of amides is 2. The van der Waals surface area contributed by atoms with Crippen LogP contribution in [0.3, 0.4) is 0 Å². The molecule has 1 saturated heterocycles. The molecule has 188 valence electrons. The zero-order chi connectivity index (χ0) is 24.2. The maximum Gasteiger partial charge on any atom is 0.238 e. The molecule has 32 heavy (non-hydrogen) atoms. The van der Waals surface area contributed by atoms with Gasteiger partial charge in [-0.05, 0) is 51.4 Å². The van der Waals surface area contributed by atoms with Crippen molar-refractivity contribution < 1.29 is 14.7 Å². The highest BCUT2D eigenvalue weighted by Crippen LogP contribution is 2.27. The van der Waals surface area contributed by atoms with Crippen LogP contribution < -0.4 is 5.32 Å². The number of hydrogen-bond donors (Lipinski definition) is 2. The summed E-state index contributed by atoms with van der Waals surface area (Å²) in [6.45, 7) is 15.3. The van der Waals surface area contributed by atoms with E-state index >= 15 is 0 Å². The van der Waals surface area contributed by atoms with Crippen molar-refractivity contribution in [2.24, 2.45) is 5.41 Å². The highest BCUT2D eigenvalue weighted by atomic mass is 16.3. The predicted molar refractivity (Wildman–Crippen MR) is 132 cm³/mol. The number of aliphatic hydroxyl groups is 1. The minimum absolute atomic E-state index is 0.146. The lowest BCUT2D eigenvalue weighted by Gasteiger charge is -2.33. The Hall–Kier alpha value is -1.14. The summed E-state index contributed by atoms with van der Waals surface area (Å²) in [5.74, 6) is 0.327. The molecule has 0 saturated carbocycles. The second-order valence-electron chi connectivity index (χ2n) is 11.5. The third-order valence-electron chi connectivity index (χ3n) is 6.05. The van der Waals surface area contributed by atoms with Gasteiger partial charge in [-0.25, -0.2) is 5.01 Å². The number of aliphatic hydroxyl groups excluding tert-OH is 1. The van der Waals surface area contributed by atoms with E-state index in [0.29, 0.717) is 25.8 Å². The summed E-state index contributed by atoms with van der Waals surface area (Å²) >= 11 is 0. The van der Waals surface area contributed by atoms with Crippen molar-refractivity contribution in [1.29, 1.82) is 0 Å². The molecule has 1 heterocycles. The molecule has 6 nitrogen and oxygen atoms in total. The molecule has 1 unspecified atom stereocenters. The van der Waals surface area contributed by atoms with Crippen LogP contribution in [0.25, 0.3) is 0 Å². The molecule has 6 heteroatoms. The molecule has 0 spiro atoms. The van der Waals surface area contributed by atoms with Gasteiger partial charge in [0, 0.05) is 38.0 Å². The van der Waals surface area contributed by atoms with Gasteiger partial charge in [-0.3, -0.25) is 14.6 Å². The Morgan fingerprint density at radius 1 is 1.00 bits per heavy atom. The van der Waals surface area contributed by atoms with Crippen molar-refractivity contribution in [3.8, 4) is 0 Å². The van der Waals surface area contributed by atoms with E-state index in [9.17, 15) is 14.7 Å². The van der Waals surface area contributed by atoms with E-state index in [4.69, 9.17) is 0 Å². The number of carbonyl (C=O) groups is 2. The van der Waals surface area contributed by atoms with Crippen LogP contribution in [0.15, 0.2) is 0 Å². The van der Waals surface area contributed by atoms with E-state index in [1.54, 1.807) is 0 Å². The Balaban J connectivity index is 2.20. The zero-order valence-corrected chi connectivity index (χ0v) is 21.8. The third kappa shape index (κ3) is 12.8. The summed E-state index contributed by atoms with van der Waals surface area (Å²) in [5.41, 5.74) is 0.0133. The van der Waals surface area contributed by atoms with Crippen LogP contribution >= 0.6 is 0 Å². The Labute approximate surface area is 197 Å². The number of unbranched alkanes of at least 4 members (excludes halogenated alkanes) is 5. The third-order valence-corrected chi connectivity index (χ3v) is 6.05. The predicted octanol–water partition coefficient (Wildman–Crippen LogP) is 5.05. The molecule has 1 atom stereocenters. The molecule has 0 aromatic rings. The molecule has 1 fully saturated rings. The summed E-state index contributed by atoms with van der Waals surface area (Å²) < 4.78 is 0. The number of nitrogens with one attached hydrogen (secondary N) is 1. The maximum atomic E-state index is 12.3. The quantitative estimate of drug-likeness (QED) is 0.321. The molecule has 0 bridgehead atoms. The fraction of sp³-hybridized carbons (Fsp3) is 0.923. The molecular weight excluding hydrogens is 402 g/mol. The molecule has 2 N–H and O–H groups in total. The lowest BCUT2D eigenvalue weighted by atomic mass is 9.81. The highest BCUT2D eigenvalue weighted by molar-refractivity contribution is 5.77. The maximum absolute atomic E-state index is 12.3. The number of hydrogen-bond acceptors (Lipinski definition) is 4. The van der Waals surface area contributed by atoms with Crippen LogP contribution in [-0.4, -0.2) is 58.2 Å². The number of hydrazine groups is 1. The zero-order valence-electron chi connectivity index (χ0n) is 21.8. The smallest absolute Gasteiger partial charge is 0.238 e. The average molecular weight is 454 g/mol. The van der Waals surface area contributed by atoms with Gasteiger partial charge in [0.1, 0.15) is 0 Å². The van der Waals surface area contributed by atoms with Crippen molar-refractivity contribution >= 4 is 11.8 Å². The van der Waals surface area contributed by atoms with Gasteiger partial charge >= 0.3 is 0 Å². The number of rotatable bonds is 16. The standard InChI is InChI=1S/C26H51N3O3/c1-7-8-11-14-22(30)16-20-29-24(32)17-19-28(29)18-13-10-9-12-15-23(31)27-26(5,6)21-25(2,3)4/h22,30H,7-21H2,1-6H3,(H,27,31). The Kier molecular flexibility index (Phi) is 12.8. The largest absolute Gasteiger partial charge is 0.393 e. The van der Waals surface area contributed by atoms with E-state index in [0.717, 1.165) is 70.9 Å². The van der Waals surface area contributed by atoms with E-state index in [2.05, 4.69) is 51.9 Å². The molecule has 1 rings (SSSR count). The topological polar surface area (TPSA) is 72.9 Å². The van der Waals surface area contributed by atoms with Crippen molar-refractivity contribution in [2.75, 3.05) is 19.6 Å². The van der Waals surface area contributed by atoms with Gasteiger partial charge in [0.05, 0.1) is 6.10 Å². The minimum atomic E-state index is -0.309. The van der Waals surface area contributed by atoms with Gasteiger partial charge in [-0.15, -0.1) is 0 Å². The SMILES string of the molecule is CCCCCC(O)CCN1C(=O)CCN1CCCCCCC(=O)NC(C)(C)CC(C)(C)C. The number of carbonyl (C=O) groups excluding carboxylic acids is 2. The molecule has 0 aliphatic carbocycles. The van der Waals surface area contributed by atoms with Gasteiger partial charge < -0.3 is 10.4 Å². The van der Waals surface area contributed by atoms with Gasteiger partial charge in [0.2, 0.25) is 11.8 Å². The summed E-state index contributed by atoms with van der Waals surface area (Å²) in [6, 6.07) is 0. The molecule has 1 aliphatic rings. The highest BCUT2D eigenvalue weighted by Gasteiger charge is 2.29. The first-order valence-electron chi connectivity index (χ1n) is 13.0. The lowest BCUT2D eigenvalue weighted by Crippen LogP contribution is -2.45. The van der Waals surface area contributed by atoms with Crippen LogP contribution in [0.1, 0.15) is 119 Å². The van der Waals surface area contributed by atoms with Crippen LogP contribution in [0.4, 0.5) is 0 Å². The fourth-order valence-electron chi connectivity index (χ4n) is 4.92. The van der Waals surface area contributed by atoms with Gasteiger partial charge in [0.25, 0.3) is 0 Å². The number of nitrogens with zero attached hydrogens (tertiary/aromatic N) is 2. The lowest BCUT2D eigenvalue weighted by molar-refractivity contribution is -0.138. The molecule has 0 aromatic carbocycles. The Morgan fingerprint density at radius 3 is 2.34 bits per heavy atom. The summed E-state index contributed by atoms with van der Waals surface area (Å²) in [4.78, 5) is 24.5. The van der Waals surface area contributed by atoms with Crippen LogP contribution in [-0.2, 0) is 9.59 Å². The monoisotopic (exact) mass is 453 g/mol. The summed E-state index contributed by atoms with van der Waals surface area (Å²) in [6.07, 6.45) is 10.7. The van der Waals surface area contributed by atoms with Crippen LogP contribution in [0.5, 0.6) is 0 Å². The van der Waals surface area contributed by atoms with Gasteiger partial charge in [-0.1, -0.05) is 59.8 Å². The molecular formula is C26H51N3O3. The first-order valence-corrected chi connectivity index (χ1v) is 13.0. The fourth-order valence-corrected chi connectivity index (χ4v) is 4.92. The van der Waals surface area contributed by atoms with Gasteiger partial charge in [0.15, 0.2) is 0 Å². The van der Waals surface area contributed by atoms with Crippen molar-refractivity contribution in [3.63, 3.8) is 0 Å². The Morgan fingerprint density at radius 2 is 1.69 bits per heavy atom.